The summed E-state index contributed by atoms with van der Waals surface area (Å²) in [5.74, 6) is -0.163. The monoisotopic (exact) mass is 312 g/mol. The Bertz CT molecular complexity index is 1030. The van der Waals surface area contributed by atoms with E-state index in [-0.39, 0.29) is 10.5 Å². The van der Waals surface area contributed by atoms with Crippen molar-refractivity contribution < 1.29 is 13.2 Å². The van der Waals surface area contributed by atoms with Crippen LogP contribution in [-0.2, 0) is 17.1 Å². The second-order valence-electron chi connectivity index (χ2n) is 5.19. The topological polar surface area (TPSA) is 59.4 Å². The number of hydrogen-bond donors (Lipinski definition) is 0. The average Bonchev–Trinajstić information content (AvgIpc) is 2.94. The normalized spacial score (nSPS) is 16.2. The first-order valence-electron chi connectivity index (χ1n) is 6.75. The predicted octanol–water partition coefficient (Wildman–Crippen LogP) is 2.53. The van der Waals surface area contributed by atoms with Crippen molar-refractivity contribution in [1.82, 2.24) is 4.57 Å². The zero-order chi connectivity index (χ0) is 15.5. The Morgan fingerprint density at radius 2 is 1.64 bits per heavy atom. The first-order chi connectivity index (χ1) is 10.5. The van der Waals surface area contributed by atoms with Crippen molar-refractivity contribution in [3.63, 3.8) is 0 Å². The molecule has 110 valence electrons. The number of carbonyl (C=O) groups is 1. The first kappa shape index (κ1) is 13.1. The fraction of sp³-hybridized carbons (Fsp3) is 0.0625. The van der Waals surface area contributed by atoms with E-state index in [4.69, 9.17) is 0 Å². The fourth-order valence-electron chi connectivity index (χ4n) is 2.88. The van der Waals surface area contributed by atoms with E-state index in [1.807, 2.05) is 24.3 Å². The molecule has 0 aliphatic carbocycles. The van der Waals surface area contributed by atoms with Gasteiger partial charge in [0.1, 0.15) is 10.7 Å². The standard InChI is InChI=1S/C16H12N2O3S/c1-17-13-8-4-2-6-11(13)10-15(17)18-16(19)12-7-3-5-9-14(12)22(18,20)21/h2-10H,1H3. The van der Waals surface area contributed by atoms with Crippen LogP contribution in [0.3, 0.4) is 0 Å². The molecule has 2 heterocycles. The van der Waals surface area contributed by atoms with Crippen molar-refractivity contribution in [3.8, 4) is 0 Å². The number of fused-ring (bicyclic) bond motifs is 2. The summed E-state index contributed by atoms with van der Waals surface area (Å²) in [7, 11) is -2.10. The molecule has 0 saturated heterocycles. The lowest BCUT2D eigenvalue weighted by Crippen LogP contribution is -2.31. The number of para-hydroxylation sites is 1. The van der Waals surface area contributed by atoms with Gasteiger partial charge in [0.05, 0.1) is 5.56 Å². The molecule has 1 amide bonds. The highest BCUT2D eigenvalue weighted by Gasteiger charge is 2.43. The van der Waals surface area contributed by atoms with E-state index in [2.05, 4.69) is 0 Å². The number of nitrogens with zero attached hydrogens (tertiary/aromatic N) is 2. The number of carbonyl (C=O) groups excluding carboxylic acids is 1. The van der Waals surface area contributed by atoms with Gasteiger partial charge in [-0.25, -0.2) is 8.42 Å². The Kier molecular flexibility index (Phi) is 2.50. The molecule has 3 aromatic rings. The quantitative estimate of drug-likeness (QED) is 0.694. The zero-order valence-electron chi connectivity index (χ0n) is 11.7. The molecule has 0 radical (unpaired) electrons. The maximum absolute atomic E-state index is 12.7. The van der Waals surface area contributed by atoms with E-state index in [9.17, 15) is 13.2 Å². The Hall–Kier alpha value is -2.60. The zero-order valence-corrected chi connectivity index (χ0v) is 12.5. The molecule has 0 saturated carbocycles. The number of hydrogen-bond acceptors (Lipinski definition) is 3. The Morgan fingerprint density at radius 1 is 0.955 bits per heavy atom. The maximum atomic E-state index is 12.7. The van der Waals surface area contributed by atoms with Gasteiger partial charge in [0.25, 0.3) is 15.9 Å². The van der Waals surface area contributed by atoms with Crippen molar-refractivity contribution in [2.24, 2.45) is 7.05 Å². The third-order valence-corrected chi connectivity index (χ3v) is 5.70. The van der Waals surface area contributed by atoms with Crippen molar-refractivity contribution in [2.75, 3.05) is 4.31 Å². The van der Waals surface area contributed by atoms with Gasteiger partial charge in [-0.1, -0.05) is 30.3 Å². The molecule has 0 bridgehead atoms. The van der Waals surface area contributed by atoms with Gasteiger partial charge in [-0.15, -0.1) is 0 Å². The smallest absolute Gasteiger partial charge is 0.274 e. The van der Waals surface area contributed by atoms with Crippen molar-refractivity contribution in [2.45, 2.75) is 4.90 Å². The van der Waals surface area contributed by atoms with Crippen LogP contribution in [0.2, 0.25) is 0 Å². The Labute approximate surface area is 127 Å². The van der Waals surface area contributed by atoms with Crippen LogP contribution >= 0.6 is 0 Å². The summed E-state index contributed by atoms with van der Waals surface area (Å²) < 4.78 is 28.0. The van der Waals surface area contributed by atoms with Crippen molar-refractivity contribution in [1.29, 1.82) is 0 Å². The molecule has 2 aromatic carbocycles. The highest BCUT2D eigenvalue weighted by atomic mass is 32.2. The second-order valence-corrected chi connectivity index (χ2v) is 6.95. The molecule has 22 heavy (non-hydrogen) atoms. The average molecular weight is 312 g/mol. The number of sulfonamides is 1. The lowest BCUT2D eigenvalue weighted by molar-refractivity contribution is 0.101. The first-order valence-corrected chi connectivity index (χ1v) is 8.19. The highest BCUT2D eigenvalue weighted by Crippen LogP contribution is 2.36. The Morgan fingerprint density at radius 3 is 2.36 bits per heavy atom. The second kappa shape index (κ2) is 4.20. The van der Waals surface area contributed by atoms with Gasteiger partial charge in [-0.05, 0) is 24.3 Å². The number of anilines is 1. The van der Waals surface area contributed by atoms with Gasteiger partial charge < -0.3 is 4.57 Å². The summed E-state index contributed by atoms with van der Waals surface area (Å²) >= 11 is 0. The molecular formula is C16H12N2O3S. The van der Waals surface area contributed by atoms with Crippen LogP contribution in [0.5, 0.6) is 0 Å². The van der Waals surface area contributed by atoms with Gasteiger partial charge in [0.15, 0.2) is 0 Å². The van der Waals surface area contributed by atoms with Crippen LogP contribution in [0.1, 0.15) is 10.4 Å². The number of benzene rings is 2. The molecule has 6 heteroatoms. The molecule has 0 unspecified atom stereocenters. The van der Waals surface area contributed by atoms with Crippen LogP contribution in [0, 0.1) is 0 Å². The van der Waals surface area contributed by atoms with Gasteiger partial charge in [-0.3, -0.25) is 4.79 Å². The van der Waals surface area contributed by atoms with E-state index in [1.165, 1.54) is 12.1 Å². The molecule has 0 N–H and O–H groups in total. The SMILES string of the molecule is Cn1c(N2C(=O)c3ccccc3S2(=O)=O)cc2ccccc21. The van der Waals surface area contributed by atoms with Crippen LogP contribution in [-0.4, -0.2) is 18.9 Å². The largest absolute Gasteiger partial charge is 0.329 e. The molecule has 4 rings (SSSR count). The van der Waals surface area contributed by atoms with E-state index in [1.54, 1.807) is 29.8 Å². The van der Waals surface area contributed by atoms with E-state index in [0.29, 0.717) is 5.82 Å². The molecule has 0 atom stereocenters. The fourth-order valence-corrected chi connectivity index (χ4v) is 4.50. The summed E-state index contributed by atoms with van der Waals surface area (Å²) in [6, 6.07) is 15.5. The maximum Gasteiger partial charge on any atom is 0.274 e. The van der Waals surface area contributed by atoms with Crippen LogP contribution in [0.4, 0.5) is 5.82 Å². The lowest BCUT2D eigenvalue weighted by Gasteiger charge is -2.15. The number of amides is 1. The van der Waals surface area contributed by atoms with Crippen molar-refractivity contribution in [3.05, 3.63) is 60.2 Å². The minimum absolute atomic E-state index is 0.0604. The minimum atomic E-state index is -3.86. The number of aromatic nitrogens is 1. The Balaban J connectivity index is 2.01. The minimum Gasteiger partial charge on any atom is -0.329 e. The van der Waals surface area contributed by atoms with Gasteiger partial charge in [0.2, 0.25) is 0 Å². The molecule has 5 nitrogen and oxygen atoms in total. The third-order valence-electron chi connectivity index (χ3n) is 3.95. The highest BCUT2D eigenvalue weighted by molar-refractivity contribution is 7.94. The molecule has 1 aromatic heterocycles. The third kappa shape index (κ3) is 1.52. The van der Waals surface area contributed by atoms with Gasteiger partial charge in [0, 0.05) is 18.0 Å². The predicted molar refractivity (Wildman–Crippen MR) is 83.4 cm³/mol. The van der Waals surface area contributed by atoms with E-state index in [0.717, 1.165) is 15.2 Å². The van der Waals surface area contributed by atoms with Crippen LogP contribution < -0.4 is 4.31 Å². The molecule has 0 fully saturated rings. The van der Waals surface area contributed by atoms with E-state index < -0.39 is 15.9 Å². The summed E-state index contributed by atoms with van der Waals surface area (Å²) in [6.07, 6.45) is 0. The summed E-state index contributed by atoms with van der Waals surface area (Å²) in [6.45, 7) is 0. The van der Waals surface area contributed by atoms with Gasteiger partial charge in [-0.2, -0.15) is 4.31 Å². The van der Waals surface area contributed by atoms with Gasteiger partial charge >= 0.3 is 0 Å². The summed E-state index contributed by atoms with van der Waals surface area (Å²) in [4.78, 5) is 12.6. The molecule has 0 spiro atoms. The van der Waals surface area contributed by atoms with E-state index >= 15 is 0 Å². The molecular weight excluding hydrogens is 300 g/mol. The summed E-state index contributed by atoms with van der Waals surface area (Å²) in [5, 5.41) is 0.888. The number of rotatable bonds is 1. The lowest BCUT2D eigenvalue weighted by atomic mass is 10.2. The number of aryl methyl sites for hydroxylation is 1. The summed E-state index contributed by atoms with van der Waals surface area (Å²) in [5.41, 5.74) is 1.09. The van der Waals surface area contributed by atoms with Crippen LogP contribution in [0.25, 0.3) is 10.9 Å². The molecule has 1 aliphatic rings. The molecule has 1 aliphatic heterocycles. The van der Waals surface area contributed by atoms with Crippen molar-refractivity contribution >= 4 is 32.7 Å². The van der Waals surface area contributed by atoms with Crippen LogP contribution in [0.15, 0.2) is 59.5 Å².